The molecule has 4 nitrogen and oxygen atoms in total. The number of nitrogen functional groups attached to an aromatic ring is 1. The highest BCUT2D eigenvalue weighted by atomic mass is 16.5. The predicted molar refractivity (Wildman–Crippen MR) is 86.5 cm³/mol. The Balaban J connectivity index is 1.85. The van der Waals surface area contributed by atoms with Gasteiger partial charge in [-0.15, -0.1) is 0 Å². The van der Waals surface area contributed by atoms with Crippen LogP contribution < -0.4 is 15.8 Å². The molecule has 0 fully saturated rings. The van der Waals surface area contributed by atoms with Crippen LogP contribution in [0.15, 0.2) is 54.7 Å². The van der Waals surface area contributed by atoms with Gasteiger partial charge in [0.2, 0.25) is 0 Å². The lowest BCUT2D eigenvalue weighted by molar-refractivity contribution is 0.415. The second-order valence-electron chi connectivity index (χ2n) is 4.84. The minimum absolute atomic E-state index is 0.707. The summed E-state index contributed by atoms with van der Waals surface area (Å²) in [5.74, 6) is 1.71. The molecule has 0 unspecified atom stereocenters. The highest BCUT2D eigenvalue weighted by Crippen LogP contribution is 2.25. The number of nitrogens with two attached hydrogens (primary N) is 1. The van der Waals surface area contributed by atoms with E-state index in [2.05, 4.69) is 10.3 Å². The zero-order valence-electron chi connectivity index (χ0n) is 11.8. The van der Waals surface area contributed by atoms with E-state index in [1.807, 2.05) is 48.5 Å². The molecule has 0 amide bonds. The largest absolute Gasteiger partial charge is 0.497 e. The van der Waals surface area contributed by atoms with Gasteiger partial charge in [-0.2, -0.15) is 0 Å². The number of ether oxygens (including phenoxy) is 1. The van der Waals surface area contributed by atoms with Crippen LogP contribution in [0.1, 0.15) is 5.56 Å². The van der Waals surface area contributed by atoms with Crippen LogP contribution in [0, 0.1) is 0 Å². The van der Waals surface area contributed by atoms with Crippen molar-refractivity contribution >= 4 is 22.3 Å². The fraction of sp³-hybridized carbons (Fsp3) is 0.118. The lowest BCUT2D eigenvalue weighted by Crippen LogP contribution is -2.02. The molecular formula is C17H17N3O. The topological polar surface area (TPSA) is 60.2 Å². The Morgan fingerprint density at radius 1 is 1.10 bits per heavy atom. The molecule has 0 radical (unpaired) electrons. The van der Waals surface area contributed by atoms with E-state index in [0.29, 0.717) is 6.54 Å². The number of pyridine rings is 1. The first-order chi connectivity index (χ1) is 10.3. The van der Waals surface area contributed by atoms with Crippen molar-refractivity contribution in [3.05, 3.63) is 60.3 Å². The maximum atomic E-state index is 5.69. The number of hydrogen-bond acceptors (Lipinski definition) is 4. The van der Waals surface area contributed by atoms with Gasteiger partial charge in [0.15, 0.2) is 0 Å². The molecule has 0 aliphatic rings. The molecule has 3 rings (SSSR count). The Morgan fingerprint density at radius 3 is 2.67 bits per heavy atom. The Hall–Kier alpha value is -2.75. The summed E-state index contributed by atoms with van der Waals surface area (Å²) < 4.78 is 5.25. The molecule has 106 valence electrons. The monoisotopic (exact) mass is 279 g/mol. The third-order valence-corrected chi connectivity index (χ3v) is 3.41. The standard InChI is InChI=1S/C17H17N3O/c1-21-15-6-7-16-13(10-15)8-9-19-17(16)20-11-12-2-4-14(18)5-3-12/h2-10H,11,18H2,1H3,(H,19,20). The van der Waals surface area contributed by atoms with Crippen LogP contribution in [0.4, 0.5) is 11.5 Å². The average molecular weight is 279 g/mol. The number of nitrogens with zero attached hydrogens (tertiary/aromatic N) is 1. The van der Waals surface area contributed by atoms with Gasteiger partial charge in [-0.1, -0.05) is 12.1 Å². The van der Waals surface area contributed by atoms with E-state index in [1.54, 1.807) is 13.3 Å². The van der Waals surface area contributed by atoms with E-state index >= 15 is 0 Å². The highest BCUT2D eigenvalue weighted by molar-refractivity contribution is 5.92. The van der Waals surface area contributed by atoms with E-state index < -0.39 is 0 Å². The number of nitrogens with one attached hydrogen (secondary N) is 1. The second-order valence-corrected chi connectivity index (χ2v) is 4.84. The summed E-state index contributed by atoms with van der Waals surface area (Å²) in [4.78, 5) is 4.42. The van der Waals surface area contributed by atoms with Crippen LogP contribution in [0.5, 0.6) is 5.75 Å². The van der Waals surface area contributed by atoms with E-state index in [0.717, 1.165) is 33.6 Å². The van der Waals surface area contributed by atoms with Crippen molar-refractivity contribution in [1.29, 1.82) is 0 Å². The molecule has 2 aromatic carbocycles. The molecule has 0 saturated heterocycles. The summed E-state index contributed by atoms with van der Waals surface area (Å²) >= 11 is 0. The first kappa shape index (κ1) is 13.2. The summed E-state index contributed by atoms with van der Waals surface area (Å²) in [6.45, 7) is 0.707. The van der Waals surface area contributed by atoms with E-state index in [1.165, 1.54) is 0 Å². The molecule has 0 spiro atoms. The minimum Gasteiger partial charge on any atom is -0.497 e. The number of fused-ring (bicyclic) bond motifs is 1. The van der Waals surface area contributed by atoms with E-state index in [-0.39, 0.29) is 0 Å². The molecule has 21 heavy (non-hydrogen) atoms. The van der Waals surface area contributed by atoms with Crippen molar-refractivity contribution in [2.24, 2.45) is 0 Å². The van der Waals surface area contributed by atoms with Gasteiger partial charge >= 0.3 is 0 Å². The number of benzene rings is 2. The molecule has 4 heteroatoms. The molecule has 1 aromatic heterocycles. The fourth-order valence-electron chi connectivity index (χ4n) is 2.25. The lowest BCUT2D eigenvalue weighted by Gasteiger charge is -2.10. The van der Waals surface area contributed by atoms with Gasteiger partial charge in [-0.05, 0) is 47.3 Å². The molecule has 0 atom stereocenters. The Bertz CT molecular complexity index is 754. The van der Waals surface area contributed by atoms with Crippen molar-refractivity contribution in [2.75, 3.05) is 18.2 Å². The Morgan fingerprint density at radius 2 is 1.90 bits per heavy atom. The molecule has 0 bridgehead atoms. The van der Waals surface area contributed by atoms with Crippen LogP contribution in [0.25, 0.3) is 10.8 Å². The number of rotatable bonds is 4. The quantitative estimate of drug-likeness (QED) is 0.718. The van der Waals surface area contributed by atoms with Crippen LogP contribution in [0.3, 0.4) is 0 Å². The molecule has 3 N–H and O–H groups in total. The maximum Gasteiger partial charge on any atom is 0.134 e. The summed E-state index contributed by atoms with van der Waals surface area (Å²) in [6, 6.07) is 15.8. The van der Waals surface area contributed by atoms with Gasteiger partial charge < -0.3 is 15.8 Å². The first-order valence-corrected chi connectivity index (χ1v) is 6.77. The molecule has 0 saturated carbocycles. The number of aromatic nitrogens is 1. The van der Waals surface area contributed by atoms with Gasteiger partial charge in [-0.25, -0.2) is 4.98 Å². The second kappa shape index (κ2) is 5.71. The number of hydrogen-bond donors (Lipinski definition) is 2. The summed E-state index contributed by atoms with van der Waals surface area (Å²) in [7, 11) is 1.67. The zero-order chi connectivity index (χ0) is 14.7. The van der Waals surface area contributed by atoms with E-state index in [4.69, 9.17) is 10.5 Å². The summed E-state index contributed by atoms with van der Waals surface area (Å²) in [5, 5.41) is 5.55. The first-order valence-electron chi connectivity index (χ1n) is 6.77. The van der Waals surface area contributed by atoms with Crippen molar-refractivity contribution in [1.82, 2.24) is 4.98 Å². The molecule has 0 aliphatic heterocycles. The van der Waals surface area contributed by atoms with Crippen LogP contribution >= 0.6 is 0 Å². The zero-order valence-corrected chi connectivity index (χ0v) is 11.8. The van der Waals surface area contributed by atoms with Crippen molar-refractivity contribution in [3.8, 4) is 5.75 Å². The van der Waals surface area contributed by atoms with Crippen LogP contribution in [0.2, 0.25) is 0 Å². The minimum atomic E-state index is 0.707. The molecule has 3 aromatic rings. The number of methoxy groups -OCH3 is 1. The van der Waals surface area contributed by atoms with Crippen molar-refractivity contribution in [2.45, 2.75) is 6.54 Å². The van der Waals surface area contributed by atoms with Gasteiger partial charge in [-0.3, -0.25) is 0 Å². The average Bonchev–Trinajstić information content (AvgIpc) is 2.53. The summed E-state index contributed by atoms with van der Waals surface area (Å²) in [5.41, 5.74) is 7.63. The highest BCUT2D eigenvalue weighted by Gasteiger charge is 2.03. The smallest absolute Gasteiger partial charge is 0.134 e. The molecule has 1 heterocycles. The predicted octanol–water partition coefficient (Wildman–Crippen LogP) is 3.44. The van der Waals surface area contributed by atoms with Crippen LogP contribution in [-0.2, 0) is 6.54 Å². The maximum absolute atomic E-state index is 5.69. The SMILES string of the molecule is COc1ccc2c(NCc3ccc(N)cc3)nccc2c1. The Kier molecular flexibility index (Phi) is 3.60. The molecule has 0 aliphatic carbocycles. The van der Waals surface area contributed by atoms with Gasteiger partial charge in [0.1, 0.15) is 11.6 Å². The van der Waals surface area contributed by atoms with Gasteiger partial charge in [0.25, 0.3) is 0 Å². The number of anilines is 2. The van der Waals surface area contributed by atoms with Crippen molar-refractivity contribution < 1.29 is 4.74 Å². The fourth-order valence-corrected chi connectivity index (χ4v) is 2.25. The van der Waals surface area contributed by atoms with Crippen molar-refractivity contribution in [3.63, 3.8) is 0 Å². The normalized spacial score (nSPS) is 10.5. The molecular weight excluding hydrogens is 262 g/mol. The Labute approximate surface area is 123 Å². The third kappa shape index (κ3) is 2.89. The van der Waals surface area contributed by atoms with Gasteiger partial charge in [0, 0.05) is 23.8 Å². The lowest BCUT2D eigenvalue weighted by atomic mass is 10.1. The third-order valence-electron chi connectivity index (χ3n) is 3.41. The summed E-state index contributed by atoms with van der Waals surface area (Å²) in [6.07, 6.45) is 1.80. The van der Waals surface area contributed by atoms with E-state index in [9.17, 15) is 0 Å². The van der Waals surface area contributed by atoms with Gasteiger partial charge in [0.05, 0.1) is 7.11 Å². The van der Waals surface area contributed by atoms with Crippen LogP contribution in [-0.4, -0.2) is 12.1 Å².